The van der Waals surface area contributed by atoms with Gasteiger partial charge in [-0.1, -0.05) is 35.3 Å². The SMILES string of the molecule is NNc1nc(Nc2ccccc2I)c(Cl)cc1Cl. The molecule has 1 aromatic heterocycles. The van der Waals surface area contributed by atoms with E-state index in [-0.39, 0.29) is 0 Å². The van der Waals surface area contributed by atoms with Crippen molar-refractivity contribution >= 4 is 63.1 Å². The first-order valence-corrected chi connectivity index (χ1v) is 6.79. The van der Waals surface area contributed by atoms with Gasteiger partial charge in [-0.05, 0) is 40.8 Å². The Morgan fingerprint density at radius 3 is 2.44 bits per heavy atom. The van der Waals surface area contributed by atoms with Gasteiger partial charge in [0.25, 0.3) is 0 Å². The van der Waals surface area contributed by atoms with Gasteiger partial charge in [0.2, 0.25) is 0 Å². The summed E-state index contributed by atoms with van der Waals surface area (Å²) in [6.45, 7) is 0. The van der Waals surface area contributed by atoms with E-state index in [1.54, 1.807) is 6.07 Å². The predicted octanol–water partition coefficient (Wildman–Crippen LogP) is 4.02. The highest BCUT2D eigenvalue weighted by molar-refractivity contribution is 14.1. The largest absolute Gasteiger partial charge is 0.338 e. The lowest BCUT2D eigenvalue weighted by Gasteiger charge is -2.11. The molecule has 0 aliphatic heterocycles. The van der Waals surface area contributed by atoms with Crippen LogP contribution in [-0.4, -0.2) is 4.98 Å². The Balaban J connectivity index is 2.38. The summed E-state index contributed by atoms with van der Waals surface area (Å²) in [5, 5.41) is 3.94. The highest BCUT2D eigenvalue weighted by atomic mass is 127. The highest BCUT2D eigenvalue weighted by Gasteiger charge is 2.09. The average Bonchev–Trinajstić information content (AvgIpc) is 2.35. The average molecular weight is 395 g/mol. The number of para-hydroxylation sites is 1. The van der Waals surface area contributed by atoms with Crippen molar-refractivity contribution in [3.05, 3.63) is 43.9 Å². The first-order valence-electron chi connectivity index (χ1n) is 4.96. The molecule has 4 nitrogen and oxygen atoms in total. The lowest BCUT2D eigenvalue weighted by Crippen LogP contribution is -2.10. The summed E-state index contributed by atoms with van der Waals surface area (Å²) in [7, 11) is 0. The minimum Gasteiger partial charge on any atom is -0.338 e. The molecule has 0 atom stereocenters. The van der Waals surface area contributed by atoms with Crippen molar-refractivity contribution in [1.29, 1.82) is 0 Å². The van der Waals surface area contributed by atoms with Crippen molar-refractivity contribution in [1.82, 2.24) is 4.98 Å². The van der Waals surface area contributed by atoms with Crippen LogP contribution >= 0.6 is 45.8 Å². The monoisotopic (exact) mass is 394 g/mol. The second-order valence-electron chi connectivity index (χ2n) is 3.40. The molecular weight excluding hydrogens is 386 g/mol. The Morgan fingerprint density at radius 2 is 1.78 bits per heavy atom. The number of hydrogen-bond acceptors (Lipinski definition) is 4. The van der Waals surface area contributed by atoms with Crippen LogP contribution in [-0.2, 0) is 0 Å². The number of aromatic nitrogens is 1. The lowest BCUT2D eigenvalue weighted by molar-refractivity contribution is 1.22. The van der Waals surface area contributed by atoms with Gasteiger partial charge in [-0.3, -0.25) is 0 Å². The summed E-state index contributed by atoms with van der Waals surface area (Å²) >= 11 is 14.2. The number of halogens is 3. The number of rotatable bonds is 3. The molecule has 2 aromatic rings. The van der Waals surface area contributed by atoms with Crippen LogP contribution in [0.25, 0.3) is 0 Å². The molecule has 0 saturated carbocycles. The Morgan fingerprint density at radius 1 is 1.11 bits per heavy atom. The van der Waals surface area contributed by atoms with Gasteiger partial charge in [0, 0.05) is 3.57 Å². The smallest absolute Gasteiger partial charge is 0.161 e. The zero-order valence-corrected chi connectivity index (χ0v) is 12.7. The third kappa shape index (κ3) is 2.97. The maximum Gasteiger partial charge on any atom is 0.161 e. The van der Waals surface area contributed by atoms with Gasteiger partial charge in [0.1, 0.15) is 0 Å². The maximum absolute atomic E-state index is 6.08. The zero-order chi connectivity index (χ0) is 13.1. The van der Waals surface area contributed by atoms with Gasteiger partial charge in [-0.2, -0.15) is 0 Å². The Labute approximate surface area is 128 Å². The number of nitrogen functional groups attached to an aromatic ring is 1. The third-order valence-electron chi connectivity index (χ3n) is 2.19. The van der Waals surface area contributed by atoms with Crippen LogP contribution in [0.5, 0.6) is 0 Å². The van der Waals surface area contributed by atoms with Crippen molar-refractivity contribution < 1.29 is 0 Å². The van der Waals surface area contributed by atoms with E-state index in [1.807, 2.05) is 24.3 Å². The molecule has 2 rings (SSSR count). The van der Waals surface area contributed by atoms with Crippen LogP contribution in [0.2, 0.25) is 10.0 Å². The van der Waals surface area contributed by atoms with E-state index in [4.69, 9.17) is 29.0 Å². The summed E-state index contributed by atoms with van der Waals surface area (Å²) in [6.07, 6.45) is 0. The standard InChI is InChI=1S/C11H9Cl2IN4/c12-6-5-7(13)11(18-15)17-10(6)16-9-4-2-1-3-8(9)14/h1-5H,15H2,(H2,16,17,18). The number of nitrogens with two attached hydrogens (primary N) is 1. The Kier molecular flexibility index (Phi) is 4.50. The van der Waals surface area contributed by atoms with Gasteiger partial charge in [-0.15, -0.1) is 0 Å². The first kappa shape index (κ1) is 13.7. The van der Waals surface area contributed by atoms with Gasteiger partial charge >= 0.3 is 0 Å². The van der Waals surface area contributed by atoms with E-state index in [0.717, 1.165) is 9.26 Å². The zero-order valence-electron chi connectivity index (χ0n) is 9.05. The number of nitrogens with zero attached hydrogens (tertiary/aromatic N) is 1. The molecule has 0 unspecified atom stereocenters. The number of pyridine rings is 1. The van der Waals surface area contributed by atoms with Crippen LogP contribution in [0.4, 0.5) is 17.3 Å². The number of hydrogen-bond donors (Lipinski definition) is 3. The minimum atomic E-state index is 0.370. The third-order valence-corrected chi connectivity index (χ3v) is 3.71. The van der Waals surface area contributed by atoms with Crippen LogP contribution in [0.15, 0.2) is 30.3 Å². The number of hydrazine groups is 1. The van der Waals surface area contributed by atoms with Gasteiger partial charge in [-0.25, -0.2) is 10.8 Å². The van der Waals surface area contributed by atoms with Gasteiger partial charge in [0.15, 0.2) is 11.6 Å². The van der Waals surface area contributed by atoms with Crippen molar-refractivity contribution in [2.24, 2.45) is 5.84 Å². The molecule has 0 bridgehead atoms. The van der Waals surface area contributed by atoms with E-state index in [1.165, 1.54) is 0 Å². The molecule has 94 valence electrons. The fraction of sp³-hybridized carbons (Fsp3) is 0. The van der Waals surface area contributed by atoms with E-state index < -0.39 is 0 Å². The number of anilines is 3. The number of nitrogens with one attached hydrogen (secondary N) is 2. The summed E-state index contributed by atoms with van der Waals surface area (Å²) in [5.41, 5.74) is 3.33. The van der Waals surface area contributed by atoms with Crippen LogP contribution in [0.3, 0.4) is 0 Å². The molecule has 1 heterocycles. The predicted molar refractivity (Wildman–Crippen MR) is 84.5 cm³/mol. The topological polar surface area (TPSA) is 63.0 Å². The first-order chi connectivity index (χ1) is 8.61. The molecule has 1 aromatic carbocycles. The molecule has 0 amide bonds. The van der Waals surface area contributed by atoms with E-state index in [0.29, 0.717) is 21.7 Å². The molecule has 0 aliphatic carbocycles. The fourth-order valence-corrected chi connectivity index (χ4v) is 2.33. The molecule has 18 heavy (non-hydrogen) atoms. The fourth-order valence-electron chi connectivity index (χ4n) is 1.35. The Hall–Kier alpha value is -0.760. The maximum atomic E-state index is 6.08. The minimum absolute atomic E-state index is 0.370. The van der Waals surface area contributed by atoms with Crippen molar-refractivity contribution in [2.75, 3.05) is 10.7 Å². The molecular formula is C11H9Cl2IN4. The van der Waals surface area contributed by atoms with E-state index in [9.17, 15) is 0 Å². The van der Waals surface area contributed by atoms with E-state index >= 15 is 0 Å². The van der Waals surface area contributed by atoms with Crippen LogP contribution < -0.4 is 16.6 Å². The molecule has 0 spiro atoms. The van der Waals surface area contributed by atoms with Gasteiger partial charge in [0.05, 0.1) is 15.7 Å². The summed E-state index contributed by atoms with van der Waals surface area (Å²) < 4.78 is 1.06. The number of benzene rings is 1. The van der Waals surface area contributed by atoms with Crippen LogP contribution in [0, 0.1) is 3.57 Å². The molecule has 4 N–H and O–H groups in total. The van der Waals surface area contributed by atoms with Gasteiger partial charge < -0.3 is 10.7 Å². The molecule has 0 saturated heterocycles. The molecule has 0 aliphatic rings. The second kappa shape index (κ2) is 5.92. The van der Waals surface area contributed by atoms with E-state index in [2.05, 4.69) is 38.3 Å². The van der Waals surface area contributed by atoms with Crippen LogP contribution in [0.1, 0.15) is 0 Å². The van der Waals surface area contributed by atoms with Crippen molar-refractivity contribution in [3.8, 4) is 0 Å². The summed E-state index contributed by atoms with van der Waals surface area (Å²) in [5.74, 6) is 6.19. The summed E-state index contributed by atoms with van der Waals surface area (Å²) in [6, 6.07) is 9.38. The molecule has 7 heteroatoms. The second-order valence-corrected chi connectivity index (χ2v) is 5.38. The van der Waals surface area contributed by atoms with Crippen molar-refractivity contribution in [3.63, 3.8) is 0 Å². The lowest BCUT2D eigenvalue weighted by atomic mass is 10.3. The van der Waals surface area contributed by atoms with Crippen molar-refractivity contribution in [2.45, 2.75) is 0 Å². The Bertz CT molecular complexity index is 577. The molecule has 0 fully saturated rings. The quantitative estimate of drug-likeness (QED) is 0.418. The molecule has 0 radical (unpaired) electrons. The highest BCUT2D eigenvalue weighted by Crippen LogP contribution is 2.31. The summed E-state index contributed by atoms with van der Waals surface area (Å²) in [4.78, 5) is 4.21. The normalized spacial score (nSPS) is 10.2.